The third-order valence-electron chi connectivity index (χ3n) is 1.85. The van der Waals surface area contributed by atoms with Crippen LogP contribution in [-0.2, 0) is 0 Å². The summed E-state index contributed by atoms with van der Waals surface area (Å²) in [6, 6.07) is 11.4. The van der Waals surface area contributed by atoms with Gasteiger partial charge in [-0.2, -0.15) is 0 Å². The minimum atomic E-state index is 0.750. The molecule has 0 aliphatic rings. The number of hydrogen-bond acceptors (Lipinski definition) is 1. The smallest absolute Gasteiger partial charge is 0.126 e. The fraction of sp³-hybridized carbons (Fsp3) is 0. The standard InChI is InChI=1S/C12H9ClO/c13-11-6-3-10(4-7-11)5-8-12-2-1-9-14-12/h1-9H/b8-5+. The third kappa shape index (κ3) is 2.27. The quantitative estimate of drug-likeness (QED) is 0.718. The largest absolute Gasteiger partial charge is 0.465 e. The van der Waals surface area contributed by atoms with Gasteiger partial charge in [0.15, 0.2) is 0 Å². The second kappa shape index (κ2) is 4.16. The van der Waals surface area contributed by atoms with E-state index in [1.54, 1.807) is 6.26 Å². The van der Waals surface area contributed by atoms with E-state index in [1.807, 2.05) is 48.6 Å². The Hall–Kier alpha value is -1.47. The van der Waals surface area contributed by atoms with Crippen molar-refractivity contribution >= 4 is 23.8 Å². The molecule has 0 aliphatic heterocycles. The predicted octanol–water partition coefficient (Wildman–Crippen LogP) is 4.10. The summed E-state index contributed by atoms with van der Waals surface area (Å²) in [4.78, 5) is 0. The molecule has 1 aromatic carbocycles. The molecule has 0 fully saturated rings. The molecule has 1 aromatic heterocycles. The highest BCUT2D eigenvalue weighted by Gasteiger charge is 1.89. The molecule has 70 valence electrons. The molecule has 2 rings (SSSR count). The minimum absolute atomic E-state index is 0.750. The van der Waals surface area contributed by atoms with Crippen molar-refractivity contribution in [3.63, 3.8) is 0 Å². The van der Waals surface area contributed by atoms with E-state index < -0.39 is 0 Å². The number of rotatable bonds is 2. The highest BCUT2D eigenvalue weighted by molar-refractivity contribution is 6.30. The zero-order chi connectivity index (χ0) is 9.80. The molecule has 2 heteroatoms. The molecular weight excluding hydrogens is 196 g/mol. The topological polar surface area (TPSA) is 13.1 Å². The molecule has 1 nitrogen and oxygen atoms in total. The average Bonchev–Trinajstić information content (AvgIpc) is 2.70. The van der Waals surface area contributed by atoms with Crippen molar-refractivity contribution in [3.05, 3.63) is 59.0 Å². The fourth-order valence-corrected chi connectivity index (χ4v) is 1.26. The second-order valence-corrected chi connectivity index (χ2v) is 3.34. The normalized spacial score (nSPS) is 10.9. The van der Waals surface area contributed by atoms with Gasteiger partial charge in [0, 0.05) is 5.02 Å². The SMILES string of the molecule is Clc1ccc(/C=C/c2ccco2)cc1. The summed E-state index contributed by atoms with van der Waals surface area (Å²) in [6.07, 6.45) is 5.56. The third-order valence-corrected chi connectivity index (χ3v) is 2.11. The Bertz CT molecular complexity index is 412. The van der Waals surface area contributed by atoms with E-state index in [4.69, 9.17) is 16.0 Å². The maximum absolute atomic E-state index is 5.77. The van der Waals surface area contributed by atoms with E-state index in [-0.39, 0.29) is 0 Å². The van der Waals surface area contributed by atoms with E-state index in [1.165, 1.54) is 0 Å². The van der Waals surface area contributed by atoms with E-state index in [9.17, 15) is 0 Å². The van der Waals surface area contributed by atoms with Crippen molar-refractivity contribution in [2.24, 2.45) is 0 Å². The molecule has 0 bridgehead atoms. The van der Waals surface area contributed by atoms with E-state index >= 15 is 0 Å². The minimum Gasteiger partial charge on any atom is -0.465 e. The van der Waals surface area contributed by atoms with Crippen LogP contribution in [0.25, 0.3) is 12.2 Å². The van der Waals surface area contributed by atoms with Crippen LogP contribution in [0.15, 0.2) is 47.1 Å². The van der Waals surface area contributed by atoms with Gasteiger partial charge in [0.1, 0.15) is 5.76 Å². The fourth-order valence-electron chi connectivity index (χ4n) is 1.14. The molecule has 0 aliphatic carbocycles. The second-order valence-electron chi connectivity index (χ2n) is 2.90. The highest BCUT2D eigenvalue weighted by Crippen LogP contribution is 2.12. The van der Waals surface area contributed by atoms with Crippen molar-refractivity contribution in [2.45, 2.75) is 0 Å². The van der Waals surface area contributed by atoms with Gasteiger partial charge in [0.25, 0.3) is 0 Å². The first kappa shape index (κ1) is 9.10. The zero-order valence-corrected chi connectivity index (χ0v) is 8.24. The van der Waals surface area contributed by atoms with Crippen LogP contribution in [0.3, 0.4) is 0 Å². The van der Waals surface area contributed by atoms with Crippen LogP contribution in [0, 0.1) is 0 Å². The van der Waals surface area contributed by atoms with Gasteiger partial charge in [0.2, 0.25) is 0 Å². The van der Waals surface area contributed by atoms with Gasteiger partial charge in [-0.05, 0) is 35.9 Å². The molecular formula is C12H9ClO. The first-order valence-corrected chi connectivity index (χ1v) is 4.69. The lowest BCUT2D eigenvalue weighted by Gasteiger charge is -1.92. The highest BCUT2D eigenvalue weighted by atomic mass is 35.5. The van der Waals surface area contributed by atoms with Crippen LogP contribution in [0.5, 0.6) is 0 Å². The molecule has 2 aromatic rings. The molecule has 14 heavy (non-hydrogen) atoms. The van der Waals surface area contributed by atoms with E-state index in [2.05, 4.69) is 0 Å². The maximum atomic E-state index is 5.77. The van der Waals surface area contributed by atoms with E-state index in [0.717, 1.165) is 16.3 Å². The Morgan fingerprint density at radius 3 is 2.43 bits per heavy atom. The van der Waals surface area contributed by atoms with Crippen molar-refractivity contribution in [1.29, 1.82) is 0 Å². The lowest BCUT2D eigenvalue weighted by atomic mass is 10.2. The van der Waals surface area contributed by atoms with Gasteiger partial charge in [-0.25, -0.2) is 0 Å². The molecule has 0 unspecified atom stereocenters. The van der Waals surface area contributed by atoms with Crippen LogP contribution in [-0.4, -0.2) is 0 Å². The van der Waals surface area contributed by atoms with Crippen molar-refractivity contribution in [1.82, 2.24) is 0 Å². The maximum Gasteiger partial charge on any atom is 0.126 e. The Kier molecular flexibility index (Phi) is 2.70. The molecule has 0 N–H and O–H groups in total. The summed E-state index contributed by atoms with van der Waals surface area (Å²) < 4.78 is 5.17. The Balaban J connectivity index is 2.15. The summed E-state index contributed by atoms with van der Waals surface area (Å²) in [5, 5.41) is 0.750. The van der Waals surface area contributed by atoms with Crippen LogP contribution in [0.4, 0.5) is 0 Å². The van der Waals surface area contributed by atoms with Crippen LogP contribution >= 0.6 is 11.6 Å². The van der Waals surface area contributed by atoms with E-state index in [0.29, 0.717) is 0 Å². The summed E-state index contributed by atoms with van der Waals surface area (Å²) >= 11 is 5.77. The average molecular weight is 205 g/mol. The van der Waals surface area contributed by atoms with Gasteiger partial charge in [0.05, 0.1) is 6.26 Å². The summed E-state index contributed by atoms with van der Waals surface area (Å²) in [5.74, 6) is 0.847. The number of halogens is 1. The van der Waals surface area contributed by atoms with Gasteiger partial charge < -0.3 is 4.42 Å². The first-order valence-electron chi connectivity index (χ1n) is 4.32. The van der Waals surface area contributed by atoms with Crippen molar-refractivity contribution < 1.29 is 4.42 Å². The predicted molar refractivity (Wildman–Crippen MR) is 59.1 cm³/mol. The number of hydrogen-bond donors (Lipinski definition) is 0. The summed E-state index contributed by atoms with van der Waals surface area (Å²) in [6.45, 7) is 0. The monoisotopic (exact) mass is 204 g/mol. The van der Waals surface area contributed by atoms with Gasteiger partial charge >= 0.3 is 0 Å². The zero-order valence-electron chi connectivity index (χ0n) is 7.48. The summed E-state index contributed by atoms with van der Waals surface area (Å²) in [5.41, 5.74) is 1.10. The molecule has 0 saturated carbocycles. The van der Waals surface area contributed by atoms with Crippen LogP contribution < -0.4 is 0 Å². The van der Waals surface area contributed by atoms with Gasteiger partial charge in [-0.15, -0.1) is 0 Å². The first-order chi connectivity index (χ1) is 6.84. The lowest BCUT2D eigenvalue weighted by molar-refractivity contribution is 0.557. The van der Waals surface area contributed by atoms with Gasteiger partial charge in [-0.1, -0.05) is 29.8 Å². The van der Waals surface area contributed by atoms with Crippen molar-refractivity contribution in [2.75, 3.05) is 0 Å². The summed E-state index contributed by atoms with van der Waals surface area (Å²) in [7, 11) is 0. The molecule has 1 heterocycles. The molecule has 0 saturated heterocycles. The number of benzene rings is 1. The Morgan fingerprint density at radius 2 is 1.79 bits per heavy atom. The lowest BCUT2D eigenvalue weighted by Crippen LogP contribution is -1.69. The van der Waals surface area contributed by atoms with Crippen LogP contribution in [0.1, 0.15) is 11.3 Å². The molecule has 0 radical (unpaired) electrons. The number of furan rings is 1. The van der Waals surface area contributed by atoms with Crippen molar-refractivity contribution in [3.8, 4) is 0 Å². The van der Waals surface area contributed by atoms with Crippen LogP contribution in [0.2, 0.25) is 5.02 Å². The van der Waals surface area contributed by atoms with Gasteiger partial charge in [-0.3, -0.25) is 0 Å². The Morgan fingerprint density at radius 1 is 1.00 bits per heavy atom. The Labute approximate surface area is 87.6 Å². The molecule has 0 atom stereocenters. The molecule has 0 amide bonds. The molecule has 0 spiro atoms.